The van der Waals surface area contributed by atoms with Gasteiger partial charge in [-0.1, -0.05) is 13.0 Å². The summed E-state index contributed by atoms with van der Waals surface area (Å²) < 4.78 is 0. The molecule has 0 amide bonds. The second-order valence-corrected chi connectivity index (χ2v) is 2.92. The molecule has 0 heterocycles. The van der Waals surface area contributed by atoms with Crippen molar-refractivity contribution in [2.45, 2.75) is 31.6 Å². The molecule has 12 heavy (non-hydrogen) atoms. The van der Waals surface area contributed by atoms with Crippen LogP contribution in [0, 0.1) is 0 Å². The Labute approximate surface area is 121 Å². The summed E-state index contributed by atoms with van der Waals surface area (Å²) >= 11 is 5.78. The molecule has 0 aromatic rings. The van der Waals surface area contributed by atoms with Crippen LogP contribution in [0.2, 0.25) is 0 Å². The minimum Gasteiger partial charge on any atom is -0.545 e. The molecule has 0 aromatic carbocycles. The van der Waals surface area contributed by atoms with Gasteiger partial charge >= 0.3 is 51.4 Å². The van der Waals surface area contributed by atoms with Crippen LogP contribution in [0.4, 0.5) is 0 Å². The number of hydrogen-bond donors (Lipinski definition) is 0. The molecule has 0 aliphatic heterocycles. The first-order valence-corrected chi connectivity index (χ1v) is 4.12. The predicted octanol–water partition coefficient (Wildman–Crippen LogP) is -1.91. The Morgan fingerprint density at radius 2 is 2.25 bits per heavy atom. The first kappa shape index (κ1) is 15.6. The number of allylic oxidation sites excluding steroid dienone is 1. The molecule has 0 N–H and O–H groups in total. The van der Waals surface area contributed by atoms with Gasteiger partial charge in [-0.2, -0.15) is 0 Å². The topological polar surface area (TPSA) is 40.1 Å². The molecule has 0 radical (unpaired) electrons. The van der Waals surface area contributed by atoms with Crippen LogP contribution in [0.5, 0.6) is 0 Å². The van der Waals surface area contributed by atoms with Crippen molar-refractivity contribution >= 4 is 17.6 Å². The van der Waals surface area contributed by atoms with Gasteiger partial charge in [0, 0.05) is 5.38 Å². The summed E-state index contributed by atoms with van der Waals surface area (Å²) in [5.74, 6) is -1.15. The number of carbonyl (C=O) groups excluding carboxylic acids is 1. The van der Waals surface area contributed by atoms with Crippen LogP contribution in [0.1, 0.15) is 26.2 Å². The predicted molar refractivity (Wildman–Crippen MR) is 43.3 cm³/mol. The van der Waals surface area contributed by atoms with Crippen molar-refractivity contribution < 1.29 is 61.3 Å². The molecule has 0 aliphatic rings. The number of carbonyl (C=O) groups is 1. The Hall–Kier alpha value is 1.14. The normalized spacial score (nSPS) is 12.5. The average Bonchev–Trinajstić information content (AvgIpc) is 1.97. The van der Waals surface area contributed by atoms with Crippen molar-refractivity contribution in [1.82, 2.24) is 0 Å². The molecule has 4 heteroatoms. The molecule has 1 atom stereocenters. The molecule has 0 saturated heterocycles. The van der Waals surface area contributed by atoms with Gasteiger partial charge in [0.1, 0.15) is 0 Å². The number of alkyl halides is 1. The summed E-state index contributed by atoms with van der Waals surface area (Å²) in [5.41, 5.74) is 0. The van der Waals surface area contributed by atoms with E-state index in [4.69, 9.17) is 11.6 Å². The van der Waals surface area contributed by atoms with Crippen molar-refractivity contribution in [2.75, 3.05) is 0 Å². The Morgan fingerprint density at radius 1 is 1.67 bits per heavy atom. The van der Waals surface area contributed by atoms with Crippen LogP contribution in [-0.4, -0.2) is 11.3 Å². The second-order valence-electron chi connectivity index (χ2n) is 2.30. The summed E-state index contributed by atoms with van der Waals surface area (Å²) in [6.07, 6.45) is 5.05. The van der Waals surface area contributed by atoms with Gasteiger partial charge in [0.15, 0.2) is 0 Å². The monoisotopic (exact) mass is 214 g/mol. The third-order valence-corrected chi connectivity index (χ3v) is 1.87. The van der Waals surface area contributed by atoms with E-state index in [2.05, 4.69) is 0 Å². The molecule has 64 valence electrons. The minimum atomic E-state index is -1.15. The maximum absolute atomic E-state index is 9.88. The minimum absolute atomic E-state index is 0. The largest absolute Gasteiger partial charge is 1.00 e. The zero-order valence-electron chi connectivity index (χ0n) is 7.55. The van der Waals surface area contributed by atoms with E-state index >= 15 is 0 Å². The molecule has 0 aromatic heterocycles. The maximum atomic E-state index is 9.88. The molecular weight excluding hydrogens is 203 g/mol. The van der Waals surface area contributed by atoms with E-state index in [0.717, 1.165) is 18.9 Å². The van der Waals surface area contributed by atoms with E-state index in [1.165, 1.54) is 0 Å². The fourth-order valence-electron chi connectivity index (χ4n) is 0.661. The van der Waals surface area contributed by atoms with Crippen LogP contribution < -0.4 is 56.5 Å². The van der Waals surface area contributed by atoms with Gasteiger partial charge in [0.05, 0.1) is 5.97 Å². The zero-order valence-corrected chi connectivity index (χ0v) is 11.4. The first-order chi connectivity index (χ1) is 5.16. The summed E-state index contributed by atoms with van der Waals surface area (Å²) in [4.78, 5) is 9.88. The SMILES string of the molecule is CCC(Cl)CC/C=C/C(=O)[O-].[K+]. The standard InChI is InChI=1S/C8H13ClO2.K/c1-2-7(9)5-3-4-6-8(10)11;/h4,6-7H,2-3,5H2,1H3,(H,10,11);/q;+1/p-1/b6-4+;. The summed E-state index contributed by atoms with van der Waals surface area (Å²) in [6.45, 7) is 2.00. The summed E-state index contributed by atoms with van der Waals surface area (Å²) in [7, 11) is 0. The summed E-state index contributed by atoms with van der Waals surface area (Å²) in [5, 5.41) is 10.0. The fourth-order valence-corrected chi connectivity index (χ4v) is 0.787. The molecule has 0 spiro atoms. The van der Waals surface area contributed by atoms with Gasteiger partial charge in [0.2, 0.25) is 0 Å². The summed E-state index contributed by atoms with van der Waals surface area (Å²) in [6, 6.07) is 0. The Bertz CT molecular complexity index is 148. The first-order valence-electron chi connectivity index (χ1n) is 3.68. The van der Waals surface area contributed by atoms with Crippen molar-refractivity contribution in [2.24, 2.45) is 0 Å². The Morgan fingerprint density at radius 3 is 2.67 bits per heavy atom. The smallest absolute Gasteiger partial charge is 0.545 e. The number of halogens is 1. The maximum Gasteiger partial charge on any atom is 1.00 e. The van der Waals surface area contributed by atoms with Gasteiger partial charge in [-0.3, -0.25) is 0 Å². The second kappa shape index (κ2) is 10.2. The molecule has 0 rings (SSSR count). The zero-order chi connectivity index (χ0) is 8.69. The number of rotatable bonds is 5. The third-order valence-electron chi connectivity index (χ3n) is 1.34. The van der Waals surface area contributed by atoms with Gasteiger partial charge in [-0.15, -0.1) is 11.6 Å². The fraction of sp³-hybridized carbons (Fsp3) is 0.625. The van der Waals surface area contributed by atoms with Crippen molar-refractivity contribution in [3.8, 4) is 0 Å². The molecule has 2 nitrogen and oxygen atoms in total. The Balaban J connectivity index is 0. The van der Waals surface area contributed by atoms with Gasteiger partial charge in [0.25, 0.3) is 0 Å². The molecule has 0 saturated carbocycles. The van der Waals surface area contributed by atoms with E-state index < -0.39 is 5.97 Å². The number of carboxylic acids is 1. The third kappa shape index (κ3) is 11.1. The van der Waals surface area contributed by atoms with Gasteiger partial charge < -0.3 is 9.90 Å². The molecule has 0 fully saturated rings. The number of hydrogen-bond acceptors (Lipinski definition) is 2. The van der Waals surface area contributed by atoms with E-state index in [9.17, 15) is 9.90 Å². The van der Waals surface area contributed by atoms with E-state index in [1.807, 2.05) is 6.92 Å². The molecular formula is C8H12ClKO2. The molecule has 0 bridgehead atoms. The number of aliphatic carboxylic acids is 1. The van der Waals surface area contributed by atoms with E-state index in [1.54, 1.807) is 6.08 Å². The van der Waals surface area contributed by atoms with E-state index in [0.29, 0.717) is 6.42 Å². The van der Waals surface area contributed by atoms with Crippen LogP contribution in [0.3, 0.4) is 0 Å². The van der Waals surface area contributed by atoms with Gasteiger partial charge in [-0.25, -0.2) is 0 Å². The van der Waals surface area contributed by atoms with Crippen LogP contribution in [0.25, 0.3) is 0 Å². The number of carboxylic acid groups (broad SMARTS) is 1. The van der Waals surface area contributed by atoms with Crippen molar-refractivity contribution in [1.29, 1.82) is 0 Å². The molecule has 0 aliphatic carbocycles. The van der Waals surface area contributed by atoms with Crippen LogP contribution >= 0.6 is 11.6 Å². The van der Waals surface area contributed by atoms with Crippen LogP contribution in [0.15, 0.2) is 12.2 Å². The quantitative estimate of drug-likeness (QED) is 0.305. The Kier molecular flexibility index (Phi) is 13.3. The van der Waals surface area contributed by atoms with Crippen LogP contribution in [-0.2, 0) is 4.79 Å². The molecule has 1 unspecified atom stereocenters. The van der Waals surface area contributed by atoms with Crippen molar-refractivity contribution in [3.63, 3.8) is 0 Å². The average molecular weight is 215 g/mol. The van der Waals surface area contributed by atoms with Gasteiger partial charge in [-0.05, 0) is 25.3 Å². The van der Waals surface area contributed by atoms with E-state index in [-0.39, 0.29) is 56.8 Å². The van der Waals surface area contributed by atoms with Crippen molar-refractivity contribution in [3.05, 3.63) is 12.2 Å².